The molecule has 0 aliphatic carbocycles. The van der Waals surface area contributed by atoms with Crippen LogP contribution in [-0.2, 0) is 0 Å². The number of nitrogens with one attached hydrogen (secondary N) is 2. The fraction of sp³-hybridized carbons (Fsp3) is 0. The quantitative estimate of drug-likeness (QED) is 0.678. The Balaban J connectivity index is 2.53. The zero-order valence-electron chi connectivity index (χ0n) is 9.88. The van der Waals surface area contributed by atoms with E-state index in [9.17, 15) is 14.4 Å². The fourth-order valence-corrected chi connectivity index (χ4v) is 2.06. The predicted molar refractivity (Wildman–Crippen MR) is 73.6 cm³/mol. The van der Waals surface area contributed by atoms with Gasteiger partial charge in [-0.2, -0.15) is 0 Å². The summed E-state index contributed by atoms with van der Waals surface area (Å²) < 4.78 is 1.09. The molecule has 20 heavy (non-hydrogen) atoms. The van der Waals surface area contributed by atoms with Gasteiger partial charge in [-0.05, 0) is 18.2 Å². The average molecular weight is 291 g/mol. The van der Waals surface area contributed by atoms with Crippen LogP contribution in [0.5, 0.6) is 0 Å². The summed E-state index contributed by atoms with van der Waals surface area (Å²) in [4.78, 5) is 43.6. The summed E-state index contributed by atoms with van der Waals surface area (Å²) in [5, 5.41) is 0.620. The van der Waals surface area contributed by atoms with E-state index in [0.717, 1.165) is 4.57 Å². The molecule has 100 valence electrons. The van der Waals surface area contributed by atoms with Gasteiger partial charge >= 0.3 is 5.69 Å². The number of nitrogens with zero attached hydrogens (tertiary/aromatic N) is 2. The molecule has 1 aromatic carbocycles. The lowest BCUT2D eigenvalue weighted by Gasteiger charge is -2.07. The van der Waals surface area contributed by atoms with Crippen LogP contribution in [0.1, 0.15) is 0 Å². The summed E-state index contributed by atoms with van der Waals surface area (Å²) in [6.45, 7) is 0. The van der Waals surface area contributed by atoms with Crippen molar-refractivity contribution in [2.24, 2.45) is 0 Å². The second-order valence-corrected chi connectivity index (χ2v) is 4.45. The molecule has 3 aromatic rings. The monoisotopic (exact) mass is 290 g/mol. The lowest BCUT2D eigenvalue weighted by molar-refractivity contribution is 0.860. The van der Waals surface area contributed by atoms with Gasteiger partial charge in [0.15, 0.2) is 0 Å². The van der Waals surface area contributed by atoms with Gasteiger partial charge in [-0.25, -0.2) is 14.3 Å². The summed E-state index contributed by atoms with van der Waals surface area (Å²) in [5.41, 5.74) is -1.39. The number of fused-ring (bicyclic) bond motifs is 1. The molecule has 0 unspecified atom stereocenters. The number of benzene rings is 1. The Hall–Kier alpha value is -2.67. The zero-order valence-corrected chi connectivity index (χ0v) is 10.6. The minimum absolute atomic E-state index is 0.00557. The van der Waals surface area contributed by atoms with E-state index >= 15 is 0 Å². The highest BCUT2D eigenvalue weighted by Gasteiger charge is 2.11. The third-order valence-electron chi connectivity index (χ3n) is 2.74. The molecular weight excluding hydrogens is 284 g/mol. The molecule has 8 heteroatoms. The van der Waals surface area contributed by atoms with Crippen LogP contribution in [0.25, 0.3) is 16.9 Å². The van der Waals surface area contributed by atoms with Crippen molar-refractivity contribution in [2.75, 3.05) is 0 Å². The van der Waals surface area contributed by atoms with Crippen LogP contribution in [0.3, 0.4) is 0 Å². The average Bonchev–Trinajstić information content (AvgIpc) is 2.38. The van der Waals surface area contributed by atoms with Crippen molar-refractivity contribution in [3.8, 4) is 5.95 Å². The van der Waals surface area contributed by atoms with Crippen molar-refractivity contribution in [3.63, 3.8) is 0 Å². The molecule has 0 fully saturated rings. The molecule has 0 aliphatic rings. The second-order valence-electron chi connectivity index (χ2n) is 4.01. The third kappa shape index (κ3) is 1.94. The molecule has 2 N–H and O–H groups in total. The Labute approximate surface area is 115 Å². The molecule has 3 rings (SSSR count). The van der Waals surface area contributed by atoms with Gasteiger partial charge in [0, 0.05) is 17.3 Å². The summed E-state index contributed by atoms with van der Waals surface area (Å²) in [5.74, 6) is 0.00557. The first-order valence-electron chi connectivity index (χ1n) is 5.56. The Kier molecular flexibility index (Phi) is 2.76. The van der Waals surface area contributed by atoms with E-state index in [0.29, 0.717) is 5.02 Å². The third-order valence-corrected chi connectivity index (χ3v) is 2.97. The number of hydrogen-bond donors (Lipinski definition) is 2. The van der Waals surface area contributed by atoms with Crippen LogP contribution < -0.4 is 16.8 Å². The normalized spacial score (nSPS) is 10.8. The zero-order chi connectivity index (χ0) is 14.3. The van der Waals surface area contributed by atoms with Crippen molar-refractivity contribution in [1.29, 1.82) is 0 Å². The summed E-state index contributed by atoms with van der Waals surface area (Å²) in [7, 11) is 0. The lowest BCUT2D eigenvalue weighted by Crippen LogP contribution is -2.31. The van der Waals surface area contributed by atoms with Crippen molar-refractivity contribution < 1.29 is 0 Å². The summed E-state index contributed by atoms with van der Waals surface area (Å²) >= 11 is 5.89. The van der Waals surface area contributed by atoms with Crippen LogP contribution in [-0.4, -0.2) is 19.5 Å². The first kappa shape index (κ1) is 12.4. The van der Waals surface area contributed by atoms with E-state index in [1.165, 1.54) is 30.5 Å². The molecule has 7 nitrogen and oxygen atoms in total. The van der Waals surface area contributed by atoms with E-state index in [4.69, 9.17) is 11.6 Å². The van der Waals surface area contributed by atoms with Gasteiger partial charge < -0.3 is 0 Å². The minimum atomic E-state index is -0.709. The van der Waals surface area contributed by atoms with Crippen molar-refractivity contribution in [3.05, 3.63) is 66.7 Å². The molecule has 0 atom stereocenters. The van der Waals surface area contributed by atoms with Crippen LogP contribution in [0, 0.1) is 0 Å². The molecule has 2 heterocycles. The number of aromatic amines is 2. The summed E-state index contributed by atoms with van der Waals surface area (Å²) in [6.07, 6.45) is 1.27. The molecule has 0 amide bonds. The van der Waals surface area contributed by atoms with Gasteiger partial charge in [0.1, 0.15) is 0 Å². The molecule has 0 aliphatic heterocycles. The van der Waals surface area contributed by atoms with Gasteiger partial charge in [0.05, 0.1) is 10.9 Å². The highest BCUT2D eigenvalue weighted by Crippen LogP contribution is 2.16. The second kappa shape index (κ2) is 4.46. The Morgan fingerprint density at radius 3 is 2.65 bits per heavy atom. The van der Waals surface area contributed by atoms with E-state index in [2.05, 4.69) is 15.0 Å². The van der Waals surface area contributed by atoms with Crippen molar-refractivity contribution in [2.45, 2.75) is 0 Å². The molecular formula is C12H7ClN4O3. The highest BCUT2D eigenvalue weighted by atomic mass is 35.5. The summed E-state index contributed by atoms with van der Waals surface area (Å²) in [6, 6.07) is 5.71. The molecule has 2 aromatic heterocycles. The number of rotatable bonds is 1. The van der Waals surface area contributed by atoms with Crippen LogP contribution in [0.2, 0.25) is 5.02 Å². The molecule has 0 spiro atoms. The van der Waals surface area contributed by atoms with E-state index in [1.54, 1.807) is 0 Å². The van der Waals surface area contributed by atoms with Gasteiger partial charge in [-0.15, -0.1) is 0 Å². The number of hydrogen-bond acceptors (Lipinski definition) is 4. The largest absolute Gasteiger partial charge is 0.335 e. The standard InChI is InChI=1S/C12H7ClN4O3/c13-6-1-2-7-8(5-6)17(12(20)16-10(7)19)11-14-4-3-9(18)15-11/h1-5H,(H,14,15,18)(H,16,19,20). The number of H-pyrrole nitrogens is 2. The maximum absolute atomic E-state index is 12.0. The molecule has 0 saturated carbocycles. The number of halogens is 1. The maximum atomic E-state index is 12.0. The fourth-order valence-electron chi connectivity index (χ4n) is 1.90. The topological polar surface area (TPSA) is 101 Å². The number of aromatic nitrogens is 4. The molecule has 0 bridgehead atoms. The van der Waals surface area contributed by atoms with Gasteiger partial charge in [-0.1, -0.05) is 11.6 Å². The van der Waals surface area contributed by atoms with Crippen LogP contribution in [0.4, 0.5) is 0 Å². The maximum Gasteiger partial charge on any atom is 0.335 e. The van der Waals surface area contributed by atoms with E-state index in [-0.39, 0.29) is 16.9 Å². The highest BCUT2D eigenvalue weighted by molar-refractivity contribution is 6.31. The van der Waals surface area contributed by atoms with Crippen molar-refractivity contribution in [1.82, 2.24) is 19.5 Å². The molecule has 0 saturated heterocycles. The predicted octanol–water partition coefficient (Wildman–Crippen LogP) is 0.416. The van der Waals surface area contributed by atoms with Gasteiger partial charge in [0.25, 0.3) is 11.1 Å². The first-order valence-corrected chi connectivity index (χ1v) is 5.94. The smallest absolute Gasteiger partial charge is 0.292 e. The van der Waals surface area contributed by atoms with Crippen molar-refractivity contribution >= 4 is 22.5 Å². The van der Waals surface area contributed by atoms with E-state index < -0.39 is 16.8 Å². The van der Waals surface area contributed by atoms with E-state index in [1.807, 2.05) is 0 Å². The van der Waals surface area contributed by atoms with Gasteiger partial charge in [-0.3, -0.25) is 19.6 Å². The SMILES string of the molecule is O=c1ccnc(-n2c(=O)[nH]c(=O)c3ccc(Cl)cc32)[nH]1. The molecule has 0 radical (unpaired) electrons. The minimum Gasteiger partial charge on any atom is -0.292 e. The Morgan fingerprint density at radius 2 is 1.90 bits per heavy atom. The lowest BCUT2D eigenvalue weighted by atomic mass is 10.2. The van der Waals surface area contributed by atoms with Crippen LogP contribution in [0.15, 0.2) is 44.8 Å². The first-order chi connectivity index (χ1) is 9.56. The van der Waals surface area contributed by atoms with Gasteiger partial charge in [0.2, 0.25) is 5.95 Å². The Bertz CT molecular complexity index is 986. The van der Waals surface area contributed by atoms with Crippen LogP contribution >= 0.6 is 11.6 Å². The Morgan fingerprint density at radius 1 is 1.10 bits per heavy atom.